The van der Waals surface area contributed by atoms with Gasteiger partial charge in [0.15, 0.2) is 6.10 Å². The van der Waals surface area contributed by atoms with Gasteiger partial charge in [0.25, 0.3) is 5.79 Å². The second kappa shape index (κ2) is 16.2. The summed E-state index contributed by atoms with van der Waals surface area (Å²) in [5.74, 6) is -2.63. The van der Waals surface area contributed by atoms with E-state index in [9.17, 15) is 20.1 Å². The molecule has 1 aliphatic rings. The molecule has 0 unspecified atom stereocenters. The quantitative estimate of drug-likeness (QED) is 0.166. The lowest BCUT2D eigenvalue weighted by Crippen LogP contribution is -2.49. The highest BCUT2D eigenvalue weighted by Gasteiger charge is 2.56. The highest BCUT2D eigenvalue weighted by atomic mass is 16.8. The van der Waals surface area contributed by atoms with Crippen LogP contribution in [0.15, 0.2) is 36.5 Å². The van der Waals surface area contributed by atoms with Crippen molar-refractivity contribution in [3.05, 3.63) is 36.5 Å². The van der Waals surface area contributed by atoms with Gasteiger partial charge in [-0.05, 0) is 38.5 Å². The van der Waals surface area contributed by atoms with Crippen LogP contribution in [0.1, 0.15) is 71.1 Å². The molecule has 0 aliphatic carbocycles. The van der Waals surface area contributed by atoms with E-state index in [1.54, 1.807) is 0 Å². The molecule has 7 nitrogen and oxygen atoms in total. The standard InChI is InChI=1S/C24H40O7/c1-2-3-4-5-6-7-8-9-10-11-12-13-14-15-16-17-21(27)31-24(19-26)23(29)22(28)20(18-25)30-24/h3-4,6-7,9-10,20,22-23,25-26,28-29H,2,5,8,11-19H2,1H3/b4-3-,7-6-,10-9-/t20-,22-,23-,24+/m1/s1. The molecule has 178 valence electrons. The van der Waals surface area contributed by atoms with Gasteiger partial charge in [-0.1, -0.05) is 62.6 Å². The number of unbranched alkanes of at least 4 members (excludes halogenated alkanes) is 5. The van der Waals surface area contributed by atoms with Crippen LogP contribution in [0.25, 0.3) is 0 Å². The first-order valence-corrected chi connectivity index (χ1v) is 11.4. The summed E-state index contributed by atoms with van der Waals surface area (Å²) in [6, 6.07) is 0. The van der Waals surface area contributed by atoms with E-state index in [2.05, 4.69) is 43.4 Å². The highest BCUT2D eigenvalue weighted by Crippen LogP contribution is 2.32. The fourth-order valence-electron chi connectivity index (χ4n) is 3.38. The molecule has 1 rings (SSSR count). The first-order valence-electron chi connectivity index (χ1n) is 11.4. The number of rotatable bonds is 16. The topological polar surface area (TPSA) is 116 Å². The highest BCUT2D eigenvalue weighted by molar-refractivity contribution is 5.69. The van der Waals surface area contributed by atoms with Crippen LogP contribution in [0, 0.1) is 0 Å². The van der Waals surface area contributed by atoms with Crippen molar-refractivity contribution in [3.63, 3.8) is 0 Å². The van der Waals surface area contributed by atoms with E-state index in [4.69, 9.17) is 14.6 Å². The average molecular weight is 441 g/mol. The summed E-state index contributed by atoms with van der Waals surface area (Å²) < 4.78 is 10.3. The summed E-state index contributed by atoms with van der Waals surface area (Å²) in [6.45, 7) is 0.774. The maximum Gasteiger partial charge on any atom is 0.308 e. The fourth-order valence-corrected chi connectivity index (χ4v) is 3.38. The molecule has 1 aliphatic heterocycles. The Bertz CT molecular complexity index is 572. The number of allylic oxidation sites excluding steroid dienone is 6. The van der Waals surface area contributed by atoms with Crippen LogP contribution < -0.4 is 0 Å². The van der Waals surface area contributed by atoms with Crippen molar-refractivity contribution in [1.29, 1.82) is 0 Å². The normalized spacial score (nSPS) is 26.5. The summed E-state index contributed by atoms with van der Waals surface area (Å²) in [5, 5.41) is 38.5. The number of ether oxygens (including phenoxy) is 2. The van der Waals surface area contributed by atoms with Crippen LogP contribution >= 0.6 is 0 Å². The van der Waals surface area contributed by atoms with Gasteiger partial charge in [0.05, 0.1) is 6.61 Å². The van der Waals surface area contributed by atoms with E-state index in [1.165, 1.54) is 0 Å². The van der Waals surface area contributed by atoms with Crippen molar-refractivity contribution < 1.29 is 34.7 Å². The maximum atomic E-state index is 12.1. The third-order valence-corrected chi connectivity index (χ3v) is 5.22. The lowest BCUT2D eigenvalue weighted by molar-refractivity contribution is -0.264. The third kappa shape index (κ3) is 10.1. The van der Waals surface area contributed by atoms with E-state index in [1.807, 2.05) is 0 Å². The number of carbonyl (C=O) groups is 1. The third-order valence-electron chi connectivity index (χ3n) is 5.22. The molecule has 4 N–H and O–H groups in total. The first-order chi connectivity index (χ1) is 15.0. The molecule has 7 heteroatoms. The lowest BCUT2D eigenvalue weighted by atomic mass is 10.1. The molecule has 0 bridgehead atoms. The van der Waals surface area contributed by atoms with Crippen molar-refractivity contribution in [2.75, 3.05) is 13.2 Å². The molecular weight excluding hydrogens is 400 g/mol. The van der Waals surface area contributed by atoms with Crippen molar-refractivity contribution in [2.24, 2.45) is 0 Å². The Labute approximate surface area is 186 Å². The Morgan fingerprint density at radius 3 is 2.16 bits per heavy atom. The Hall–Kier alpha value is -1.51. The molecule has 0 aromatic carbocycles. The van der Waals surface area contributed by atoms with Crippen LogP contribution in [0.2, 0.25) is 0 Å². The van der Waals surface area contributed by atoms with E-state index in [0.717, 1.165) is 51.4 Å². The predicted octanol–water partition coefficient (Wildman–Crippen LogP) is 2.92. The minimum Gasteiger partial charge on any atom is -0.427 e. The van der Waals surface area contributed by atoms with Crippen molar-refractivity contribution in [2.45, 2.75) is 95.2 Å². The summed E-state index contributed by atoms with van der Waals surface area (Å²) in [4.78, 5) is 12.1. The van der Waals surface area contributed by atoms with E-state index in [0.29, 0.717) is 6.42 Å². The van der Waals surface area contributed by atoms with E-state index < -0.39 is 43.3 Å². The van der Waals surface area contributed by atoms with Crippen LogP contribution in [0.5, 0.6) is 0 Å². The summed E-state index contributed by atoms with van der Waals surface area (Å²) in [7, 11) is 0. The number of aliphatic hydroxyl groups excluding tert-OH is 4. The number of aliphatic hydroxyl groups is 4. The second-order valence-electron chi connectivity index (χ2n) is 7.82. The van der Waals surface area contributed by atoms with Gasteiger partial charge in [0.2, 0.25) is 0 Å². The largest absolute Gasteiger partial charge is 0.427 e. The summed E-state index contributed by atoms with van der Waals surface area (Å²) in [6.07, 6.45) is 17.9. The van der Waals surface area contributed by atoms with Gasteiger partial charge in [-0.25, -0.2) is 0 Å². The van der Waals surface area contributed by atoms with Gasteiger partial charge < -0.3 is 29.9 Å². The van der Waals surface area contributed by atoms with Gasteiger partial charge in [-0.2, -0.15) is 0 Å². The van der Waals surface area contributed by atoms with E-state index in [-0.39, 0.29) is 6.42 Å². The Balaban J connectivity index is 2.09. The number of esters is 1. The smallest absolute Gasteiger partial charge is 0.308 e. The molecule has 0 radical (unpaired) electrons. The average Bonchev–Trinajstić information content (AvgIpc) is 3.01. The zero-order valence-electron chi connectivity index (χ0n) is 18.7. The molecule has 0 amide bonds. The molecule has 4 atom stereocenters. The van der Waals surface area contributed by atoms with Gasteiger partial charge in [-0.3, -0.25) is 4.79 Å². The Morgan fingerprint density at radius 2 is 1.55 bits per heavy atom. The minimum absolute atomic E-state index is 0.136. The Kier molecular flexibility index (Phi) is 14.4. The molecule has 1 saturated heterocycles. The maximum absolute atomic E-state index is 12.1. The van der Waals surface area contributed by atoms with Crippen LogP contribution in [0.4, 0.5) is 0 Å². The molecule has 0 aromatic heterocycles. The fraction of sp³-hybridized carbons (Fsp3) is 0.708. The van der Waals surface area contributed by atoms with Crippen molar-refractivity contribution in [1.82, 2.24) is 0 Å². The predicted molar refractivity (Wildman–Crippen MR) is 119 cm³/mol. The van der Waals surface area contributed by atoms with Gasteiger partial charge in [0, 0.05) is 6.42 Å². The zero-order chi connectivity index (χ0) is 23.0. The number of hydrogen-bond acceptors (Lipinski definition) is 7. The summed E-state index contributed by atoms with van der Waals surface area (Å²) in [5.41, 5.74) is 0. The minimum atomic E-state index is -2.02. The van der Waals surface area contributed by atoms with Crippen LogP contribution in [-0.4, -0.2) is 63.7 Å². The summed E-state index contributed by atoms with van der Waals surface area (Å²) >= 11 is 0. The molecule has 0 spiro atoms. The van der Waals surface area contributed by atoms with Crippen molar-refractivity contribution >= 4 is 5.97 Å². The Morgan fingerprint density at radius 1 is 0.935 bits per heavy atom. The van der Waals surface area contributed by atoms with Crippen LogP contribution in [0.3, 0.4) is 0 Å². The molecule has 0 aromatic rings. The molecule has 1 fully saturated rings. The van der Waals surface area contributed by atoms with Gasteiger partial charge in [-0.15, -0.1) is 0 Å². The van der Waals surface area contributed by atoms with E-state index >= 15 is 0 Å². The zero-order valence-corrected chi connectivity index (χ0v) is 18.7. The monoisotopic (exact) mass is 440 g/mol. The number of carbonyl (C=O) groups excluding carboxylic acids is 1. The molecule has 1 heterocycles. The molecule has 31 heavy (non-hydrogen) atoms. The second-order valence-corrected chi connectivity index (χ2v) is 7.82. The molecular formula is C24H40O7. The van der Waals surface area contributed by atoms with Gasteiger partial charge in [0.1, 0.15) is 18.8 Å². The van der Waals surface area contributed by atoms with Gasteiger partial charge >= 0.3 is 5.97 Å². The van der Waals surface area contributed by atoms with Crippen LogP contribution in [-0.2, 0) is 14.3 Å². The lowest BCUT2D eigenvalue weighted by Gasteiger charge is -2.29. The SMILES string of the molecule is CC/C=C\C/C=C\C/C=C\CCCCCCCC(=O)O[C@]1(CO)O[C@H](CO)[C@@H](O)[C@H]1O. The van der Waals surface area contributed by atoms with Crippen molar-refractivity contribution in [3.8, 4) is 0 Å². The molecule has 0 saturated carbocycles. The first kappa shape index (κ1) is 27.5. The number of hydrogen-bond donors (Lipinski definition) is 4.